The van der Waals surface area contributed by atoms with Crippen LogP contribution in [0.3, 0.4) is 0 Å². The van der Waals surface area contributed by atoms with E-state index in [0.29, 0.717) is 18.3 Å². The Balaban J connectivity index is 1.64. The first-order chi connectivity index (χ1) is 10.1. The lowest BCUT2D eigenvalue weighted by atomic mass is 10.1. The first-order valence-electron chi connectivity index (χ1n) is 6.80. The third kappa shape index (κ3) is 3.06. The first kappa shape index (κ1) is 14.0. The number of nitrogens with zero attached hydrogens (tertiary/aromatic N) is 2. The summed E-state index contributed by atoms with van der Waals surface area (Å²) in [4.78, 5) is 0.989. The molecule has 0 aliphatic heterocycles. The van der Waals surface area contributed by atoms with E-state index in [1.165, 1.54) is 0 Å². The second-order valence-electron chi connectivity index (χ2n) is 4.95. The van der Waals surface area contributed by atoms with E-state index < -0.39 is 0 Å². The number of furan rings is 1. The molecule has 3 aromatic heterocycles. The molecule has 0 unspecified atom stereocenters. The number of hydrogen-bond donors (Lipinski definition) is 1. The van der Waals surface area contributed by atoms with Crippen molar-refractivity contribution in [1.29, 1.82) is 0 Å². The van der Waals surface area contributed by atoms with Crippen molar-refractivity contribution in [2.75, 3.05) is 0 Å². The van der Waals surface area contributed by atoms with Crippen LogP contribution in [0.25, 0.3) is 10.8 Å². The quantitative estimate of drug-likeness (QED) is 0.775. The smallest absolute Gasteiger partial charge is 0.257 e. The van der Waals surface area contributed by atoms with Crippen molar-refractivity contribution in [3.05, 3.63) is 46.6 Å². The average molecular weight is 303 g/mol. The van der Waals surface area contributed by atoms with Crippen molar-refractivity contribution >= 4 is 11.3 Å². The molecule has 6 heteroatoms. The van der Waals surface area contributed by atoms with Crippen LogP contribution in [0, 0.1) is 13.8 Å². The van der Waals surface area contributed by atoms with Crippen molar-refractivity contribution in [3.8, 4) is 10.8 Å². The number of aromatic nitrogens is 2. The number of nitrogens with one attached hydrogen (secondary N) is 1. The summed E-state index contributed by atoms with van der Waals surface area (Å²) in [6.45, 7) is 6.55. The Morgan fingerprint density at radius 3 is 2.81 bits per heavy atom. The van der Waals surface area contributed by atoms with Crippen LogP contribution in [0.4, 0.5) is 0 Å². The molecule has 0 saturated carbocycles. The molecule has 0 bridgehead atoms. The lowest BCUT2D eigenvalue weighted by Gasteiger charge is -2.10. The molecule has 3 aromatic rings. The normalized spacial score (nSPS) is 12.7. The topological polar surface area (TPSA) is 64.1 Å². The minimum absolute atomic E-state index is 0.166. The molecule has 0 amide bonds. The molecule has 1 atom stereocenters. The zero-order chi connectivity index (χ0) is 14.8. The molecule has 0 aromatic carbocycles. The molecular weight excluding hydrogens is 286 g/mol. The Morgan fingerprint density at radius 2 is 2.14 bits per heavy atom. The highest BCUT2D eigenvalue weighted by Crippen LogP contribution is 2.24. The van der Waals surface area contributed by atoms with Crippen LogP contribution in [-0.4, -0.2) is 10.2 Å². The fourth-order valence-corrected chi connectivity index (χ4v) is 2.90. The van der Waals surface area contributed by atoms with Crippen LogP contribution in [0.5, 0.6) is 0 Å². The van der Waals surface area contributed by atoms with Crippen molar-refractivity contribution in [3.63, 3.8) is 0 Å². The van der Waals surface area contributed by atoms with Crippen LogP contribution in [0.1, 0.15) is 35.9 Å². The molecule has 3 rings (SSSR count). The second kappa shape index (κ2) is 5.83. The largest absolute Gasteiger partial charge is 0.466 e. The summed E-state index contributed by atoms with van der Waals surface area (Å²) in [5.74, 6) is 3.03. The fourth-order valence-electron chi connectivity index (χ4n) is 2.26. The maximum Gasteiger partial charge on any atom is 0.257 e. The Kier molecular flexibility index (Phi) is 3.90. The molecule has 21 heavy (non-hydrogen) atoms. The molecule has 0 aliphatic carbocycles. The van der Waals surface area contributed by atoms with Crippen LogP contribution in [0.15, 0.2) is 32.4 Å². The van der Waals surface area contributed by atoms with Crippen molar-refractivity contribution < 1.29 is 8.83 Å². The fraction of sp³-hybridized carbons (Fsp3) is 0.333. The van der Waals surface area contributed by atoms with Gasteiger partial charge in [0.2, 0.25) is 5.89 Å². The van der Waals surface area contributed by atoms with Crippen molar-refractivity contribution in [2.24, 2.45) is 0 Å². The van der Waals surface area contributed by atoms with E-state index in [2.05, 4.69) is 28.5 Å². The Hall–Kier alpha value is -1.92. The van der Waals surface area contributed by atoms with Gasteiger partial charge in [0.15, 0.2) is 0 Å². The lowest BCUT2D eigenvalue weighted by Crippen LogP contribution is -2.18. The predicted molar refractivity (Wildman–Crippen MR) is 81.0 cm³/mol. The maximum absolute atomic E-state index is 5.65. The summed E-state index contributed by atoms with van der Waals surface area (Å²) in [5.41, 5.74) is 1.16. The summed E-state index contributed by atoms with van der Waals surface area (Å²) in [7, 11) is 0. The van der Waals surface area contributed by atoms with Gasteiger partial charge in [0.05, 0.1) is 11.4 Å². The SMILES string of the molecule is Cc1cc([C@@H](C)NCc2nnc(-c3cccs3)o2)c(C)o1. The molecule has 0 radical (unpaired) electrons. The van der Waals surface area contributed by atoms with Gasteiger partial charge in [0.1, 0.15) is 11.5 Å². The highest BCUT2D eigenvalue weighted by atomic mass is 32.1. The van der Waals surface area contributed by atoms with Gasteiger partial charge >= 0.3 is 0 Å². The number of rotatable bonds is 5. The average Bonchev–Trinajstić information content (AvgIpc) is 3.15. The summed E-state index contributed by atoms with van der Waals surface area (Å²) in [5, 5.41) is 13.5. The predicted octanol–water partition coefficient (Wildman–Crippen LogP) is 3.86. The molecule has 0 saturated heterocycles. The van der Waals surface area contributed by atoms with E-state index in [1.807, 2.05) is 31.4 Å². The van der Waals surface area contributed by atoms with Gasteiger partial charge in [-0.05, 0) is 38.3 Å². The molecule has 0 fully saturated rings. The van der Waals surface area contributed by atoms with Gasteiger partial charge < -0.3 is 14.2 Å². The zero-order valence-corrected chi connectivity index (χ0v) is 13.0. The van der Waals surface area contributed by atoms with E-state index >= 15 is 0 Å². The number of aryl methyl sites for hydroxylation is 2. The van der Waals surface area contributed by atoms with E-state index in [4.69, 9.17) is 8.83 Å². The third-order valence-electron chi connectivity index (χ3n) is 3.30. The van der Waals surface area contributed by atoms with Gasteiger partial charge in [-0.25, -0.2) is 0 Å². The van der Waals surface area contributed by atoms with Gasteiger partial charge in [-0.1, -0.05) is 6.07 Å². The summed E-state index contributed by atoms with van der Waals surface area (Å²) < 4.78 is 11.2. The van der Waals surface area contributed by atoms with Gasteiger partial charge in [0, 0.05) is 11.6 Å². The van der Waals surface area contributed by atoms with Gasteiger partial charge in [-0.15, -0.1) is 21.5 Å². The molecule has 0 spiro atoms. The first-order valence-corrected chi connectivity index (χ1v) is 7.68. The van der Waals surface area contributed by atoms with Crippen LogP contribution in [-0.2, 0) is 6.54 Å². The summed E-state index contributed by atoms with van der Waals surface area (Å²) in [6, 6.07) is 6.15. The zero-order valence-electron chi connectivity index (χ0n) is 12.2. The molecule has 3 heterocycles. The van der Waals surface area contributed by atoms with E-state index in [1.54, 1.807) is 11.3 Å². The van der Waals surface area contributed by atoms with Crippen LogP contribution >= 0.6 is 11.3 Å². The standard InChI is InChI=1S/C15H17N3O2S/c1-9-7-12(11(3)19-9)10(2)16-8-14-17-18-15(20-14)13-5-4-6-21-13/h4-7,10,16H,8H2,1-3H3/t10-/m1/s1. The highest BCUT2D eigenvalue weighted by molar-refractivity contribution is 7.13. The Bertz CT molecular complexity index is 715. The van der Waals surface area contributed by atoms with Crippen molar-refractivity contribution in [2.45, 2.75) is 33.4 Å². The van der Waals surface area contributed by atoms with Gasteiger partial charge in [-0.2, -0.15) is 0 Å². The minimum atomic E-state index is 0.166. The molecular formula is C15H17N3O2S. The molecule has 1 N–H and O–H groups in total. The molecule has 5 nitrogen and oxygen atoms in total. The second-order valence-corrected chi connectivity index (χ2v) is 5.90. The van der Waals surface area contributed by atoms with E-state index in [9.17, 15) is 0 Å². The van der Waals surface area contributed by atoms with Crippen LogP contribution < -0.4 is 5.32 Å². The summed E-state index contributed by atoms with van der Waals surface area (Å²) >= 11 is 1.59. The number of thiophene rings is 1. The Morgan fingerprint density at radius 1 is 1.29 bits per heavy atom. The van der Waals surface area contributed by atoms with Gasteiger partial charge in [-0.3, -0.25) is 0 Å². The van der Waals surface area contributed by atoms with E-state index in [-0.39, 0.29) is 6.04 Å². The molecule has 110 valence electrons. The maximum atomic E-state index is 5.65. The number of hydrogen-bond acceptors (Lipinski definition) is 6. The van der Waals surface area contributed by atoms with Crippen molar-refractivity contribution in [1.82, 2.24) is 15.5 Å². The Labute approximate surface area is 127 Å². The molecule has 0 aliphatic rings. The summed E-state index contributed by atoms with van der Waals surface area (Å²) in [6.07, 6.45) is 0. The third-order valence-corrected chi connectivity index (χ3v) is 4.16. The minimum Gasteiger partial charge on any atom is -0.466 e. The van der Waals surface area contributed by atoms with Crippen LogP contribution in [0.2, 0.25) is 0 Å². The lowest BCUT2D eigenvalue weighted by molar-refractivity contribution is 0.448. The monoisotopic (exact) mass is 303 g/mol. The van der Waals surface area contributed by atoms with Gasteiger partial charge in [0.25, 0.3) is 5.89 Å². The van der Waals surface area contributed by atoms with E-state index in [0.717, 1.165) is 22.0 Å². The highest BCUT2D eigenvalue weighted by Gasteiger charge is 2.14.